The summed E-state index contributed by atoms with van der Waals surface area (Å²) >= 11 is 0. The van der Waals surface area contributed by atoms with Crippen LogP contribution in [0, 0.1) is 0 Å². The van der Waals surface area contributed by atoms with Crippen molar-refractivity contribution in [1.82, 2.24) is 0 Å². The average molecular weight is 868 g/mol. The Morgan fingerprint density at radius 3 is 1.38 bits per heavy atom. The van der Waals surface area contributed by atoms with Crippen LogP contribution in [0.3, 0.4) is 0 Å². The Kier molecular flexibility index (Phi) is 43.4. The zero-order chi connectivity index (χ0) is 44.0. The normalized spacial score (nSPS) is 14.2. The van der Waals surface area contributed by atoms with Gasteiger partial charge in [0.2, 0.25) is 0 Å². The van der Waals surface area contributed by atoms with E-state index in [2.05, 4.69) is 62.5 Å². The van der Waals surface area contributed by atoms with E-state index in [1.165, 1.54) is 116 Å². The van der Waals surface area contributed by atoms with Crippen LogP contribution in [0.2, 0.25) is 0 Å². The van der Waals surface area contributed by atoms with Crippen LogP contribution in [0.5, 0.6) is 0 Å². The van der Waals surface area contributed by atoms with E-state index in [1.54, 1.807) is 0 Å². The molecule has 0 fully saturated rings. The molecule has 0 aromatic rings. The number of allylic oxidation sites excluding steroid dienone is 8. The molecule has 0 aliphatic rings. The molecule has 0 heterocycles. The van der Waals surface area contributed by atoms with E-state index in [1.807, 2.05) is 0 Å². The molecule has 3 atom stereocenters. The lowest BCUT2D eigenvalue weighted by Gasteiger charge is -2.20. The minimum Gasteiger partial charge on any atom is -0.480 e. The minimum absolute atomic E-state index is 0.00642. The van der Waals surface area contributed by atoms with Gasteiger partial charge in [-0.2, -0.15) is 0 Å². The summed E-state index contributed by atoms with van der Waals surface area (Å²) in [5.41, 5.74) is 5.36. The van der Waals surface area contributed by atoms with E-state index in [0.717, 1.165) is 70.6 Å². The number of ether oxygens (including phenoxy) is 2. The molecule has 0 aliphatic heterocycles. The van der Waals surface area contributed by atoms with Crippen molar-refractivity contribution in [1.29, 1.82) is 0 Å². The van der Waals surface area contributed by atoms with Gasteiger partial charge in [0.05, 0.1) is 19.8 Å². The summed E-state index contributed by atoms with van der Waals surface area (Å²) in [4.78, 5) is 33.6. The van der Waals surface area contributed by atoms with Gasteiger partial charge in [-0.25, -0.2) is 4.57 Å². The number of phosphoric acid groups is 1. The zero-order valence-corrected chi connectivity index (χ0v) is 39.2. The topological polar surface area (TPSA) is 155 Å². The number of hydrogen-bond acceptors (Lipinski definition) is 8. The lowest BCUT2D eigenvalue weighted by molar-refractivity contribution is -0.154. The first-order valence-corrected chi connectivity index (χ1v) is 25.7. The van der Waals surface area contributed by atoms with E-state index in [0.29, 0.717) is 13.0 Å². The number of carbonyl (C=O) groups is 2. The summed E-state index contributed by atoms with van der Waals surface area (Å²) in [6.45, 7) is 3.85. The van der Waals surface area contributed by atoms with Crippen LogP contribution < -0.4 is 5.73 Å². The van der Waals surface area contributed by atoms with Crippen LogP contribution in [0.15, 0.2) is 48.6 Å². The Morgan fingerprint density at radius 2 is 0.917 bits per heavy atom. The summed E-state index contributed by atoms with van der Waals surface area (Å²) < 4.78 is 33.4. The smallest absolute Gasteiger partial charge is 0.472 e. The Morgan fingerprint density at radius 1 is 0.533 bits per heavy atom. The molecule has 350 valence electrons. The third kappa shape index (κ3) is 44.0. The highest BCUT2D eigenvalue weighted by molar-refractivity contribution is 7.47. The molecule has 0 aromatic carbocycles. The molecule has 0 saturated carbocycles. The van der Waals surface area contributed by atoms with Crippen molar-refractivity contribution >= 4 is 19.8 Å². The second kappa shape index (κ2) is 45.0. The van der Waals surface area contributed by atoms with Crippen LogP contribution in [-0.4, -0.2) is 60.5 Å². The Bertz CT molecular complexity index is 1140. The van der Waals surface area contributed by atoms with Crippen molar-refractivity contribution in [3.63, 3.8) is 0 Å². The molecule has 4 N–H and O–H groups in total. The van der Waals surface area contributed by atoms with Crippen molar-refractivity contribution in [2.45, 2.75) is 225 Å². The maximum atomic E-state index is 12.7. The summed E-state index contributed by atoms with van der Waals surface area (Å²) in [5.74, 6) is -1.79. The molecular weight excluding hydrogens is 778 g/mol. The molecule has 0 aromatic heterocycles. The van der Waals surface area contributed by atoms with Gasteiger partial charge in [-0.15, -0.1) is 0 Å². The number of hydrogen-bond donors (Lipinski definition) is 3. The van der Waals surface area contributed by atoms with E-state index in [4.69, 9.17) is 29.4 Å². The van der Waals surface area contributed by atoms with Gasteiger partial charge in [-0.1, -0.05) is 178 Å². The van der Waals surface area contributed by atoms with Crippen molar-refractivity contribution in [3.05, 3.63) is 48.6 Å². The summed E-state index contributed by atoms with van der Waals surface area (Å²) in [6, 6.07) is -1.48. The number of esters is 1. The predicted octanol–water partition coefficient (Wildman–Crippen LogP) is 13.8. The molecule has 0 rings (SSSR count). The predicted molar refractivity (Wildman–Crippen MR) is 249 cm³/mol. The number of unbranched alkanes of at least 4 members (excludes halogenated alkanes) is 24. The monoisotopic (exact) mass is 868 g/mol. The maximum absolute atomic E-state index is 12.7. The van der Waals surface area contributed by atoms with E-state index in [9.17, 15) is 19.0 Å². The SMILES string of the molecule is CCCCCCC/C=C\C/C=C\C/C=C\CCCCCCCCCOCC(COP(=O)(O)OCC(N)C(=O)O)OC(=O)CCCCCCC/C=C\CCCCCCCCC. The summed E-state index contributed by atoms with van der Waals surface area (Å²) in [6.07, 6.45) is 53.0. The van der Waals surface area contributed by atoms with Crippen molar-refractivity contribution in [2.24, 2.45) is 5.73 Å². The molecule has 3 unspecified atom stereocenters. The molecule has 11 heteroatoms. The fourth-order valence-corrected chi connectivity index (χ4v) is 7.32. The van der Waals surface area contributed by atoms with Crippen molar-refractivity contribution in [2.75, 3.05) is 26.4 Å². The van der Waals surface area contributed by atoms with E-state index >= 15 is 0 Å². The largest absolute Gasteiger partial charge is 0.480 e. The van der Waals surface area contributed by atoms with Crippen LogP contribution in [0.25, 0.3) is 0 Å². The number of carboxylic acids is 1. The minimum atomic E-state index is -4.63. The van der Waals surface area contributed by atoms with Crippen LogP contribution in [0.1, 0.15) is 213 Å². The second-order valence-corrected chi connectivity index (χ2v) is 17.7. The third-order valence-electron chi connectivity index (χ3n) is 10.3. The van der Waals surface area contributed by atoms with Crippen molar-refractivity contribution < 1.29 is 42.7 Å². The quantitative estimate of drug-likeness (QED) is 0.0233. The second-order valence-electron chi connectivity index (χ2n) is 16.2. The number of carboxylic acid groups (broad SMARTS) is 1. The average Bonchev–Trinajstić information content (AvgIpc) is 3.23. The molecule has 0 aliphatic carbocycles. The highest BCUT2D eigenvalue weighted by atomic mass is 31.2. The maximum Gasteiger partial charge on any atom is 0.472 e. The van der Waals surface area contributed by atoms with Gasteiger partial charge >= 0.3 is 19.8 Å². The lowest BCUT2D eigenvalue weighted by atomic mass is 10.1. The van der Waals surface area contributed by atoms with Gasteiger partial charge in [0.1, 0.15) is 12.1 Å². The molecule has 0 bridgehead atoms. The highest BCUT2D eigenvalue weighted by Crippen LogP contribution is 2.43. The fourth-order valence-electron chi connectivity index (χ4n) is 6.55. The van der Waals surface area contributed by atoms with Crippen LogP contribution in [-0.2, 0) is 32.7 Å². The zero-order valence-electron chi connectivity index (χ0n) is 38.3. The van der Waals surface area contributed by atoms with Crippen LogP contribution in [0.4, 0.5) is 0 Å². The molecule has 60 heavy (non-hydrogen) atoms. The summed E-state index contributed by atoms with van der Waals surface area (Å²) in [7, 11) is -4.63. The number of rotatable bonds is 46. The lowest BCUT2D eigenvalue weighted by Crippen LogP contribution is -2.34. The standard InChI is InChI=1S/C49H90NO9P/c1-3-5-7-9-11-13-15-17-19-21-22-23-24-25-26-28-30-32-34-36-38-40-42-56-43-46(44-57-60(54,55)58-45-47(50)49(52)53)59-48(51)41-39-37-35-33-31-29-27-20-18-16-14-12-10-8-6-4-2/h15,17,20-22,24-25,27,46-47H,3-14,16,18-19,23,26,28-45,50H2,1-2H3,(H,52,53)(H,54,55)/b17-15-,22-21-,25-24-,27-20-. The Balaban J connectivity index is 4.21. The Hall–Kier alpha value is -2.07. The number of phosphoric ester groups is 1. The molecule has 10 nitrogen and oxygen atoms in total. The van der Waals surface area contributed by atoms with E-state index in [-0.39, 0.29) is 13.0 Å². The van der Waals surface area contributed by atoms with Gasteiger partial charge < -0.3 is 25.2 Å². The highest BCUT2D eigenvalue weighted by Gasteiger charge is 2.27. The first kappa shape index (κ1) is 57.9. The molecule has 0 radical (unpaired) electrons. The molecule has 0 saturated heterocycles. The Labute approximate surface area is 367 Å². The first-order chi connectivity index (χ1) is 29.2. The summed E-state index contributed by atoms with van der Waals surface area (Å²) in [5, 5.41) is 8.91. The number of carbonyl (C=O) groups excluding carboxylic acids is 1. The molecule has 0 amide bonds. The number of aliphatic carboxylic acids is 1. The van der Waals surface area contributed by atoms with Crippen LogP contribution >= 0.6 is 7.82 Å². The van der Waals surface area contributed by atoms with Gasteiger partial charge in [-0.05, 0) is 77.0 Å². The van der Waals surface area contributed by atoms with Gasteiger partial charge in [-0.3, -0.25) is 18.6 Å². The van der Waals surface area contributed by atoms with Gasteiger partial charge in [0, 0.05) is 13.0 Å². The fraction of sp³-hybridized carbons (Fsp3) is 0.796. The van der Waals surface area contributed by atoms with E-state index < -0.39 is 45.1 Å². The van der Waals surface area contributed by atoms with Gasteiger partial charge in [0.15, 0.2) is 0 Å². The van der Waals surface area contributed by atoms with Crippen molar-refractivity contribution in [3.8, 4) is 0 Å². The number of nitrogens with two attached hydrogens (primary N) is 1. The molecular formula is C49H90NO9P. The third-order valence-corrected chi connectivity index (χ3v) is 11.3. The van der Waals surface area contributed by atoms with Gasteiger partial charge in [0.25, 0.3) is 0 Å². The first-order valence-electron chi connectivity index (χ1n) is 24.2. The molecule has 0 spiro atoms.